The van der Waals surface area contributed by atoms with Crippen LogP contribution >= 0.6 is 0 Å². The van der Waals surface area contributed by atoms with Gasteiger partial charge in [0.25, 0.3) is 0 Å². The van der Waals surface area contributed by atoms with Gasteiger partial charge in [-0.15, -0.1) is 0 Å². The summed E-state index contributed by atoms with van der Waals surface area (Å²) in [5.74, 6) is -0.285. The Morgan fingerprint density at radius 3 is 2.67 bits per heavy atom. The van der Waals surface area contributed by atoms with E-state index in [0.717, 1.165) is 6.42 Å². The van der Waals surface area contributed by atoms with Crippen LogP contribution in [0.5, 0.6) is 0 Å². The molecule has 1 aromatic rings. The lowest BCUT2D eigenvalue weighted by Gasteiger charge is -2.05. The molecule has 0 unspecified atom stereocenters. The van der Waals surface area contributed by atoms with Crippen molar-refractivity contribution < 1.29 is 8.78 Å². The summed E-state index contributed by atoms with van der Waals surface area (Å²) in [4.78, 5) is 0. The Kier molecular flexibility index (Phi) is 3.20. The highest BCUT2D eigenvalue weighted by Gasteiger charge is 2.05. The molecule has 2 heteroatoms. The first-order chi connectivity index (χ1) is 5.79. The van der Waals surface area contributed by atoms with Gasteiger partial charge in [-0.3, -0.25) is 0 Å². The molecule has 1 rings (SSSR count). The van der Waals surface area contributed by atoms with Gasteiger partial charge in [0.1, 0.15) is 12.5 Å². The molecule has 0 nitrogen and oxygen atoms in total. The lowest BCUT2D eigenvalue weighted by Crippen LogP contribution is -1.95. The Morgan fingerprint density at radius 2 is 2.08 bits per heavy atom. The van der Waals surface area contributed by atoms with E-state index in [2.05, 4.69) is 0 Å². The predicted octanol–water partition coefficient (Wildman–Crippen LogP) is 3.25. The summed E-state index contributed by atoms with van der Waals surface area (Å²) in [6.07, 6.45) is 1.46. The van der Waals surface area contributed by atoms with E-state index < -0.39 is 6.67 Å². The third-order valence-electron chi connectivity index (χ3n) is 1.86. The largest absolute Gasteiger partial charge is 0.246 e. The number of hydrogen-bond acceptors (Lipinski definition) is 0. The Hall–Kier alpha value is -0.920. The van der Waals surface area contributed by atoms with Gasteiger partial charge in [-0.25, -0.2) is 8.78 Å². The minimum absolute atomic E-state index is 0.285. The molecule has 0 saturated heterocycles. The Bertz CT molecular complexity index is 256. The van der Waals surface area contributed by atoms with Gasteiger partial charge in [0.2, 0.25) is 0 Å². The molecule has 0 spiro atoms. The molecule has 0 aliphatic rings. The third kappa shape index (κ3) is 1.81. The molecule has 12 heavy (non-hydrogen) atoms. The maximum absolute atomic E-state index is 13.1. The van der Waals surface area contributed by atoms with Crippen LogP contribution in [0.3, 0.4) is 0 Å². The van der Waals surface area contributed by atoms with Crippen molar-refractivity contribution in [2.45, 2.75) is 26.4 Å². The molecule has 0 saturated carbocycles. The molecule has 0 bridgehead atoms. The molecule has 0 aromatic heterocycles. The van der Waals surface area contributed by atoms with Crippen molar-refractivity contribution in [3.63, 3.8) is 0 Å². The number of halogens is 2. The molecular formula is C10H12F2. The van der Waals surface area contributed by atoms with Gasteiger partial charge in [0, 0.05) is 0 Å². The SMILES string of the molecule is CCCc1c(F)cccc1CF. The smallest absolute Gasteiger partial charge is 0.126 e. The van der Waals surface area contributed by atoms with Crippen molar-refractivity contribution in [2.75, 3.05) is 0 Å². The van der Waals surface area contributed by atoms with E-state index in [0.29, 0.717) is 17.5 Å². The van der Waals surface area contributed by atoms with Crippen molar-refractivity contribution >= 4 is 0 Å². The van der Waals surface area contributed by atoms with Gasteiger partial charge >= 0.3 is 0 Å². The van der Waals surface area contributed by atoms with Crippen molar-refractivity contribution in [3.05, 3.63) is 35.1 Å². The van der Waals surface area contributed by atoms with Crippen LogP contribution in [0, 0.1) is 5.82 Å². The van der Waals surface area contributed by atoms with Crippen LogP contribution in [0.2, 0.25) is 0 Å². The van der Waals surface area contributed by atoms with Crippen molar-refractivity contribution in [1.82, 2.24) is 0 Å². The van der Waals surface area contributed by atoms with Crippen LogP contribution in [0.1, 0.15) is 24.5 Å². The minimum Gasteiger partial charge on any atom is -0.246 e. The second-order valence-electron chi connectivity index (χ2n) is 2.76. The Morgan fingerprint density at radius 1 is 1.33 bits per heavy atom. The van der Waals surface area contributed by atoms with Gasteiger partial charge < -0.3 is 0 Å². The minimum atomic E-state index is -0.576. The molecular weight excluding hydrogens is 158 g/mol. The molecule has 0 aliphatic carbocycles. The number of rotatable bonds is 3. The molecule has 0 heterocycles. The van der Waals surface area contributed by atoms with Gasteiger partial charge in [0.15, 0.2) is 0 Å². The van der Waals surface area contributed by atoms with Crippen molar-refractivity contribution in [3.8, 4) is 0 Å². The molecule has 66 valence electrons. The van der Waals surface area contributed by atoms with E-state index in [1.54, 1.807) is 12.1 Å². The van der Waals surface area contributed by atoms with Gasteiger partial charge in [-0.2, -0.15) is 0 Å². The van der Waals surface area contributed by atoms with Gasteiger partial charge in [-0.05, 0) is 23.6 Å². The summed E-state index contributed by atoms with van der Waals surface area (Å²) >= 11 is 0. The quantitative estimate of drug-likeness (QED) is 0.653. The maximum Gasteiger partial charge on any atom is 0.126 e. The average Bonchev–Trinajstić information content (AvgIpc) is 2.09. The molecule has 0 fully saturated rings. The zero-order chi connectivity index (χ0) is 8.97. The highest BCUT2D eigenvalue weighted by molar-refractivity contribution is 5.28. The van der Waals surface area contributed by atoms with E-state index >= 15 is 0 Å². The topological polar surface area (TPSA) is 0 Å². The first-order valence-corrected chi connectivity index (χ1v) is 4.11. The second-order valence-corrected chi connectivity index (χ2v) is 2.76. The monoisotopic (exact) mass is 170 g/mol. The van der Waals surface area contributed by atoms with E-state index in [9.17, 15) is 8.78 Å². The first kappa shape index (κ1) is 9.17. The van der Waals surface area contributed by atoms with E-state index in [1.807, 2.05) is 6.92 Å². The van der Waals surface area contributed by atoms with E-state index in [-0.39, 0.29) is 5.82 Å². The Balaban J connectivity index is 3.02. The number of hydrogen-bond donors (Lipinski definition) is 0. The van der Waals surface area contributed by atoms with Crippen molar-refractivity contribution in [1.29, 1.82) is 0 Å². The molecule has 0 radical (unpaired) electrons. The summed E-state index contributed by atoms with van der Waals surface area (Å²) in [5.41, 5.74) is 1.01. The number of benzene rings is 1. The van der Waals surface area contributed by atoms with Crippen LogP contribution in [0.25, 0.3) is 0 Å². The highest BCUT2D eigenvalue weighted by atomic mass is 19.1. The molecule has 1 aromatic carbocycles. The summed E-state index contributed by atoms with van der Waals surface area (Å²) in [6, 6.07) is 4.56. The van der Waals surface area contributed by atoms with Crippen LogP contribution in [0.4, 0.5) is 8.78 Å². The number of alkyl halides is 1. The average molecular weight is 170 g/mol. The maximum atomic E-state index is 13.1. The summed E-state index contributed by atoms with van der Waals surface area (Å²) < 4.78 is 25.4. The molecule has 0 amide bonds. The van der Waals surface area contributed by atoms with E-state index in [4.69, 9.17) is 0 Å². The fourth-order valence-corrected chi connectivity index (χ4v) is 1.26. The lowest BCUT2D eigenvalue weighted by atomic mass is 10.0. The first-order valence-electron chi connectivity index (χ1n) is 4.11. The summed E-state index contributed by atoms with van der Waals surface area (Å²) in [5, 5.41) is 0. The summed E-state index contributed by atoms with van der Waals surface area (Å²) in [6.45, 7) is 1.38. The lowest BCUT2D eigenvalue weighted by molar-refractivity contribution is 0.477. The van der Waals surface area contributed by atoms with E-state index in [1.165, 1.54) is 6.07 Å². The fraction of sp³-hybridized carbons (Fsp3) is 0.400. The highest BCUT2D eigenvalue weighted by Crippen LogP contribution is 2.16. The second kappa shape index (κ2) is 4.19. The van der Waals surface area contributed by atoms with Crippen LogP contribution in [0.15, 0.2) is 18.2 Å². The Labute approximate surface area is 71.2 Å². The molecule has 0 atom stereocenters. The molecule has 0 aliphatic heterocycles. The normalized spacial score (nSPS) is 10.2. The van der Waals surface area contributed by atoms with Crippen LogP contribution in [-0.4, -0.2) is 0 Å². The van der Waals surface area contributed by atoms with Crippen LogP contribution < -0.4 is 0 Å². The predicted molar refractivity (Wildman–Crippen MR) is 45.2 cm³/mol. The van der Waals surface area contributed by atoms with Gasteiger partial charge in [0.05, 0.1) is 0 Å². The van der Waals surface area contributed by atoms with Crippen molar-refractivity contribution in [2.24, 2.45) is 0 Å². The van der Waals surface area contributed by atoms with Gasteiger partial charge in [-0.1, -0.05) is 25.5 Å². The zero-order valence-electron chi connectivity index (χ0n) is 7.11. The third-order valence-corrected chi connectivity index (χ3v) is 1.86. The van der Waals surface area contributed by atoms with Crippen LogP contribution in [-0.2, 0) is 13.1 Å². The zero-order valence-corrected chi connectivity index (χ0v) is 7.11. The standard InChI is InChI=1S/C10H12F2/c1-2-4-9-8(7-11)5-3-6-10(9)12/h3,5-6H,2,4,7H2,1H3. The summed E-state index contributed by atoms with van der Waals surface area (Å²) in [7, 11) is 0. The molecule has 0 N–H and O–H groups in total. The fourth-order valence-electron chi connectivity index (χ4n) is 1.26.